The van der Waals surface area contributed by atoms with Crippen molar-refractivity contribution in [2.45, 2.75) is 13.5 Å². The summed E-state index contributed by atoms with van der Waals surface area (Å²) in [4.78, 5) is 0. The Labute approximate surface area is 127 Å². The highest BCUT2D eigenvalue weighted by molar-refractivity contribution is 6.32. The zero-order valence-corrected chi connectivity index (χ0v) is 12.4. The summed E-state index contributed by atoms with van der Waals surface area (Å²) in [7, 11) is 0. The van der Waals surface area contributed by atoms with E-state index in [0.29, 0.717) is 17.3 Å². The van der Waals surface area contributed by atoms with Crippen molar-refractivity contribution in [3.05, 3.63) is 57.8 Å². The fourth-order valence-electron chi connectivity index (χ4n) is 1.74. The van der Waals surface area contributed by atoms with Crippen LogP contribution in [-0.4, -0.2) is 6.54 Å². The van der Waals surface area contributed by atoms with E-state index in [1.54, 1.807) is 12.1 Å². The molecular weight excluding hydrogens is 300 g/mol. The Morgan fingerprint density at radius 3 is 2.55 bits per heavy atom. The smallest absolute Gasteiger partial charge is 0.184 e. The zero-order chi connectivity index (χ0) is 14.5. The molecule has 1 N–H and O–H groups in total. The van der Waals surface area contributed by atoms with Crippen LogP contribution >= 0.6 is 23.2 Å². The molecular formula is C15H14Cl2FNO. The maximum absolute atomic E-state index is 13.9. The molecule has 2 aromatic rings. The van der Waals surface area contributed by atoms with Gasteiger partial charge in [0, 0.05) is 12.1 Å². The standard InChI is InChI=1S/C15H14Cl2FNO/c1-2-19-9-10-5-3-7-12(17)15(10)20-13-8-4-6-11(16)14(13)18/h3-8,19H,2,9H2,1H3. The van der Waals surface area contributed by atoms with E-state index in [-0.39, 0.29) is 10.8 Å². The molecule has 0 saturated carbocycles. The van der Waals surface area contributed by atoms with Crippen molar-refractivity contribution in [3.63, 3.8) is 0 Å². The Morgan fingerprint density at radius 2 is 1.80 bits per heavy atom. The molecule has 0 amide bonds. The van der Waals surface area contributed by atoms with Crippen molar-refractivity contribution in [2.75, 3.05) is 6.54 Å². The van der Waals surface area contributed by atoms with E-state index in [0.717, 1.165) is 12.1 Å². The van der Waals surface area contributed by atoms with Gasteiger partial charge < -0.3 is 10.1 Å². The number of benzene rings is 2. The second-order valence-corrected chi connectivity index (χ2v) is 4.98. The monoisotopic (exact) mass is 313 g/mol. The first kappa shape index (κ1) is 15.1. The maximum atomic E-state index is 13.9. The lowest BCUT2D eigenvalue weighted by molar-refractivity contribution is 0.436. The quantitative estimate of drug-likeness (QED) is 0.835. The minimum atomic E-state index is -0.594. The minimum Gasteiger partial charge on any atom is -0.452 e. The molecule has 106 valence electrons. The van der Waals surface area contributed by atoms with Crippen molar-refractivity contribution in [1.82, 2.24) is 5.32 Å². The molecule has 0 spiro atoms. The molecule has 0 unspecified atom stereocenters. The SMILES string of the molecule is CCNCc1cccc(Cl)c1Oc1cccc(Cl)c1F. The Balaban J connectivity index is 2.34. The fourth-order valence-corrected chi connectivity index (χ4v) is 2.14. The Bertz CT molecular complexity index is 604. The van der Waals surface area contributed by atoms with E-state index in [9.17, 15) is 4.39 Å². The van der Waals surface area contributed by atoms with Crippen LogP contribution in [-0.2, 0) is 6.54 Å². The van der Waals surface area contributed by atoms with E-state index < -0.39 is 5.82 Å². The second-order valence-electron chi connectivity index (χ2n) is 4.16. The number of rotatable bonds is 5. The van der Waals surface area contributed by atoms with Crippen LogP contribution in [0, 0.1) is 5.82 Å². The van der Waals surface area contributed by atoms with Gasteiger partial charge in [-0.2, -0.15) is 0 Å². The first-order chi connectivity index (χ1) is 9.63. The van der Waals surface area contributed by atoms with Crippen LogP contribution in [0.3, 0.4) is 0 Å². The molecule has 0 saturated heterocycles. The van der Waals surface area contributed by atoms with Gasteiger partial charge in [0.15, 0.2) is 17.3 Å². The van der Waals surface area contributed by atoms with Gasteiger partial charge in [0.1, 0.15) is 0 Å². The number of para-hydroxylation sites is 1. The van der Waals surface area contributed by atoms with Gasteiger partial charge in [-0.3, -0.25) is 0 Å². The first-order valence-electron chi connectivity index (χ1n) is 6.23. The van der Waals surface area contributed by atoms with Crippen LogP contribution in [0.4, 0.5) is 4.39 Å². The van der Waals surface area contributed by atoms with Crippen molar-refractivity contribution < 1.29 is 9.13 Å². The summed E-state index contributed by atoms with van der Waals surface area (Å²) >= 11 is 11.9. The molecule has 5 heteroatoms. The van der Waals surface area contributed by atoms with E-state index in [1.807, 2.05) is 19.1 Å². The van der Waals surface area contributed by atoms with Gasteiger partial charge in [0.25, 0.3) is 0 Å². The van der Waals surface area contributed by atoms with E-state index in [1.165, 1.54) is 12.1 Å². The summed E-state index contributed by atoms with van der Waals surface area (Å²) in [5.74, 6) is -0.0943. The number of hydrogen-bond donors (Lipinski definition) is 1. The summed E-state index contributed by atoms with van der Waals surface area (Å²) in [5, 5.41) is 3.63. The summed E-state index contributed by atoms with van der Waals surface area (Å²) in [6.07, 6.45) is 0. The third-order valence-electron chi connectivity index (χ3n) is 2.74. The summed E-state index contributed by atoms with van der Waals surface area (Å²) < 4.78 is 19.5. The van der Waals surface area contributed by atoms with Crippen molar-refractivity contribution in [1.29, 1.82) is 0 Å². The predicted molar refractivity (Wildman–Crippen MR) is 80.3 cm³/mol. The molecule has 0 aliphatic rings. The van der Waals surface area contributed by atoms with Crippen molar-refractivity contribution >= 4 is 23.2 Å². The normalized spacial score (nSPS) is 10.6. The van der Waals surface area contributed by atoms with Gasteiger partial charge in [-0.05, 0) is 24.7 Å². The Hall–Kier alpha value is -1.29. The van der Waals surface area contributed by atoms with Crippen molar-refractivity contribution in [2.24, 2.45) is 0 Å². The highest BCUT2D eigenvalue weighted by atomic mass is 35.5. The van der Waals surface area contributed by atoms with Gasteiger partial charge >= 0.3 is 0 Å². The van der Waals surface area contributed by atoms with E-state index >= 15 is 0 Å². The van der Waals surface area contributed by atoms with Crippen LogP contribution < -0.4 is 10.1 Å². The predicted octanol–water partition coefficient (Wildman–Crippen LogP) is 5.03. The molecule has 2 nitrogen and oxygen atoms in total. The molecule has 0 fully saturated rings. The number of hydrogen-bond acceptors (Lipinski definition) is 2. The molecule has 0 aromatic heterocycles. The topological polar surface area (TPSA) is 21.3 Å². The molecule has 2 aromatic carbocycles. The van der Waals surface area contributed by atoms with Crippen molar-refractivity contribution in [3.8, 4) is 11.5 Å². The van der Waals surface area contributed by atoms with E-state index in [2.05, 4.69) is 5.32 Å². The zero-order valence-electron chi connectivity index (χ0n) is 10.9. The molecule has 0 radical (unpaired) electrons. The molecule has 2 rings (SSSR count). The molecule has 0 aliphatic carbocycles. The lowest BCUT2D eigenvalue weighted by Crippen LogP contribution is -2.12. The average molecular weight is 314 g/mol. The summed E-state index contributed by atoms with van der Waals surface area (Å²) in [6.45, 7) is 3.41. The minimum absolute atomic E-state index is 0.0165. The molecule has 0 aliphatic heterocycles. The Kier molecular flexibility index (Phi) is 5.24. The van der Waals surface area contributed by atoms with Gasteiger partial charge in [-0.25, -0.2) is 4.39 Å². The number of nitrogens with one attached hydrogen (secondary N) is 1. The molecule has 20 heavy (non-hydrogen) atoms. The van der Waals surface area contributed by atoms with Crippen LogP contribution in [0.25, 0.3) is 0 Å². The second kappa shape index (κ2) is 6.93. The summed E-state index contributed by atoms with van der Waals surface area (Å²) in [5.41, 5.74) is 0.860. The van der Waals surface area contributed by atoms with E-state index in [4.69, 9.17) is 27.9 Å². The van der Waals surface area contributed by atoms with Gasteiger partial charge in [-0.1, -0.05) is 48.3 Å². The highest BCUT2D eigenvalue weighted by Gasteiger charge is 2.13. The maximum Gasteiger partial charge on any atom is 0.184 e. The van der Waals surface area contributed by atoms with Crippen LogP contribution in [0.15, 0.2) is 36.4 Å². The molecule has 0 bridgehead atoms. The number of halogens is 3. The first-order valence-corrected chi connectivity index (χ1v) is 6.99. The molecule has 0 atom stereocenters. The summed E-state index contributed by atoms with van der Waals surface area (Å²) in [6, 6.07) is 10.0. The van der Waals surface area contributed by atoms with Gasteiger partial charge in [0.2, 0.25) is 0 Å². The fraction of sp³-hybridized carbons (Fsp3) is 0.200. The third kappa shape index (κ3) is 3.42. The lowest BCUT2D eigenvalue weighted by Gasteiger charge is -2.14. The highest BCUT2D eigenvalue weighted by Crippen LogP contribution is 2.35. The van der Waals surface area contributed by atoms with Crippen LogP contribution in [0.5, 0.6) is 11.5 Å². The largest absolute Gasteiger partial charge is 0.452 e. The van der Waals surface area contributed by atoms with Gasteiger partial charge in [-0.15, -0.1) is 0 Å². The Morgan fingerprint density at radius 1 is 1.10 bits per heavy atom. The molecule has 0 heterocycles. The van der Waals surface area contributed by atoms with Gasteiger partial charge in [0.05, 0.1) is 10.0 Å². The van der Waals surface area contributed by atoms with Crippen LogP contribution in [0.1, 0.15) is 12.5 Å². The van der Waals surface area contributed by atoms with Crippen LogP contribution in [0.2, 0.25) is 10.0 Å². The third-order valence-corrected chi connectivity index (χ3v) is 3.33. The lowest BCUT2D eigenvalue weighted by atomic mass is 10.2. The number of ether oxygens (including phenoxy) is 1. The average Bonchev–Trinajstić information content (AvgIpc) is 2.44.